The van der Waals surface area contributed by atoms with Crippen LogP contribution in [0.2, 0.25) is 0 Å². The van der Waals surface area contributed by atoms with Gasteiger partial charge < -0.3 is 9.64 Å². The lowest BCUT2D eigenvalue weighted by molar-refractivity contribution is -0.149. The van der Waals surface area contributed by atoms with Gasteiger partial charge in [-0.25, -0.2) is 0 Å². The number of likely N-dealkylation sites (tertiary alicyclic amines) is 1. The second-order valence-corrected chi connectivity index (χ2v) is 8.92. The van der Waals surface area contributed by atoms with Crippen LogP contribution in [0, 0.1) is 5.92 Å². The van der Waals surface area contributed by atoms with Crippen molar-refractivity contribution in [1.82, 2.24) is 4.90 Å². The highest BCUT2D eigenvalue weighted by molar-refractivity contribution is 8.06. The second kappa shape index (κ2) is 9.06. The summed E-state index contributed by atoms with van der Waals surface area (Å²) in [4.78, 5) is 26.2. The molecule has 0 aliphatic carbocycles. The lowest BCUT2D eigenvalue weighted by atomic mass is 9.94. The monoisotopic (exact) mass is 345 g/mol. The Kier molecular flexibility index (Phi) is 7.41. The Morgan fingerprint density at radius 2 is 2.09 bits per heavy atom. The maximum Gasteiger partial charge on any atom is 0.306 e. The van der Waals surface area contributed by atoms with Crippen LogP contribution in [-0.4, -0.2) is 58.5 Å². The molecule has 2 saturated heterocycles. The number of hydrogen-bond donors (Lipinski definition) is 0. The average molecular weight is 346 g/mol. The molecule has 126 valence electrons. The topological polar surface area (TPSA) is 46.6 Å². The highest BCUT2D eigenvalue weighted by Crippen LogP contribution is 2.28. The van der Waals surface area contributed by atoms with E-state index < -0.39 is 0 Å². The zero-order valence-electron chi connectivity index (χ0n) is 13.6. The number of carbonyl (C=O) groups is 2. The normalized spacial score (nSPS) is 26.0. The smallest absolute Gasteiger partial charge is 0.306 e. The van der Waals surface area contributed by atoms with Gasteiger partial charge in [-0.15, -0.1) is 0 Å². The number of hydrogen-bond acceptors (Lipinski definition) is 5. The van der Waals surface area contributed by atoms with Crippen LogP contribution >= 0.6 is 23.5 Å². The molecule has 2 atom stereocenters. The van der Waals surface area contributed by atoms with Gasteiger partial charge in [-0.2, -0.15) is 23.5 Å². The summed E-state index contributed by atoms with van der Waals surface area (Å²) >= 11 is 3.88. The Hall–Kier alpha value is -0.360. The molecule has 0 spiro atoms. The fourth-order valence-corrected chi connectivity index (χ4v) is 5.65. The minimum Gasteiger partial charge on any atom is -0.463 e. The SMILES string of the molecule is CC(C)OC(=O)C[C@H]1CCCN(C(=O)C[C@@H]2CSCCS2)C1. The first-order valence-corrected chi connectivity index (χ1v) is 10.4. The van der Waals surface area contributed by atoms with Crippen molar-refractivity contribution >= 4 is 35.4 Å². The fraction of sp³-hybridized carbons (Fsp3) is 0.875. The Balaban J connectivity index is 1.76. The van der Waals surface area contributed by atoms with Gasteiger partial charge >= 0.3 is 5.97 Å². The van der Waals surface area contributed by atoms with Gasteiger partial charge in [-0.3, -0.25) is 9.59 Å². The van der Waals surface area contributed by atoms with Gasteiger partial charge in [0.15, 0.2) is 0 Å². The van der Waals surface area contributed by atoms with Crippen LogP contribution in [0.4, 0.5) is 0 Å². The Morgan fingerprint density at radius 1 is 1.27 bits per heavy atom. The van der Waals surface area contributed by atoms with Crippen molar-refractivity contribution in [2.45, 2.75) is 50.9 Å². The molecule has 2 heterocycles. The summed E-state index contributed by atoms with van der Waals surface area (Å²) in [6, 6.07) is 0. The van der Waals surface area contributed by atoms with Crippen LogP contribution in [0.3, 0.4) is 0 Å². The van der Waals surface area contributed by atoms with E-state index in [0.29, 0.717) is 18.1 Å². The number of ether oxygens (including phenoxy) is 1. The molecule has 0 aromatic rings. The van der Waals surface area contributed by atoms with Crippen molar-refractivity contribution in [3.8, 4) is 0 Å². The first-order valence-electron chi connectivity index (χ1n) is 8.21. The lowest BCUT2D eigenvalue weighted by Gasteiger charge is -2.33. The summed E-state index contributed by atoms with van der Waals surface area (Å²) in [5.41, 5.74) is 0. The zero-order chi connectivity index (χ0) is 15.9. The molecule has 0 aromatic carbocycles. The van der Waals surface area contributed by atoms with Crippen molar-refractivity contribution in [1.29, 1.82) is 0 Å². The minimum absolute atomic E-state index is 0.0605. The summed E-state index contributed by atoms with van der Waals surface area (Å²) in [7, 11) is 0. The number of carbonyl (C=O) groups excluding carboxylic acids is 2. The van der Waals surface area contributed by atoms with Gasteiger partial charge in [-0.1, -0.05) is 0 Å². The minimum atomic E-state index is -0.131. The van der Waals surface area contributed by atoms with Crippen molar-refractivity contribution in [3.05, 3.63) is 0 Å². The van der Waals surface area contributed by atoms with Crippen molar-refractivity contribution < 1.29 is 14.3 Å². The van der Waals surface area contributed by atoms with Crippen LogP contribution in [0.1, 0.15) is 39.5 Å². The van der Waals surface area contributed by atoms with Gasteiger partial charge in [0.25, 0.3) is 0 Å². The molecule has 2 aliphatic rings. The zero-order valence-corrected chi connectivity index (χ0v) is 15.2. The maximum absolute atomic E-state index is 12.5. The molecule has 2 rings (SSSR count). The quantitative estimate of drug-likeness (QED) is 0.717. The van der Waals surface area contributed by atoms with Crippen LogP contribution in [0.15, 0.2) is 0 Å². The second-order valence-electron chi connectivity index (χ2n) is 6.36. The highest BCUT2D eigenvalue weighted by Gasteiger charge is 2.28. The molecule has 0 saturated carbocycles. The maximum atomic E-state index is 12.5. The summed E-state index contributed by atoms with van der Waals surface area (Å²) in [5, 5.41) is 0.470. The molecule has 6 heteroatoms. The van der Waals surface area contributed by atoms with E-state index in [4.69, 9.17) is 4.74 Å². The van der Waals surface area contributed by atoms with E-state index in [9.17, 15) is 9.59 Å². The molecular weight excluding hydrogens is 318 g/mol. The van der Waals surface area contributed by atoms with E-state index in [2.05, 4.69) is 0 Å². The number of rotatable bonds is 5. The van der Waals surface area contributed by atoms with Crippen LogP contribution in [-0.2, 0) is 14.3 Å². The van der Waals surface area contributed by atoms with Gasteiger partial charge in [-0.05, 0) is 32.6 Å². The molecule has 0 bridgehead atoms. The third-order valence-electron chi connectivity index (χ3n) is 3.98. The Bertz CT molecular complexity index is 384. The number of nitrogens with zero attached hydrogens (tertiary/aromatic N) is 1. The van der Waals surface area contributed by atoms with Crippen LogP contribution in [0.25, 0.3) is 0 Å². The largest absolute Gasteiger partial charge is 0.463 e. The number of esters is 1. The van der Waals surface area contributed by atoms with Crippen molar-refractivity contribution in [2.75, 3.05) is 30.3 Å². The highest BCUT2D eigenvalue weighted by atomic mass is 32.2. The molecule has 0 N–H and O–H groups in total. The fourth-order valence-electron chi connectivity index (χ4n) is 2.98. The number of amides is 1. The predicted octanol–water partition coefficient (Wildman–Crippen LogP) is 2.81. The molecule has 1 amide bonds. The van der Waals surface area contributed by atoms with Gasteiger partial charge in [0.05, 0.1) is 12.5 Å². The van der Waals surface area contributed by atoms with E-state index >= 15 is 0 Å². The molecule has 0 unspecified atom stereocenters. The number of thioether (sulfide) groups is 2. The first kappa shape index (κ1) is 18.0. The van der Waals surface area contributed by atoms with E-state index in [0.717, 1.165) is 37.4 Å². The van der Waals surface area contributed by atoms with Crippen molar-refractivity contribution in [3.63, 3.8) is 0 Å². The van der Waals surface area contributed by atoms with Crippen LogP contribution in [0.5, 0.6) is 0 Å². The van der Waals surface area contributed by atoms with Crippen molar-refractivity contribution in [2.24, 2.45) is 5.92 Å². The molecule has 0 aromatic heterocycles. The summed E-state index contributed by atoms with van der Waals surface area (Å²) in [6.07, 6.45) is 3.05. The van der Waals surface area contributed by atoms with E-state index in [1.165, 1.54) is 5.75 Å². The third-order valence-corrected chi connectivity index (χ3v) is 6.83. The Labute approximate surface area is 142 Å². The lowest BCUT2D eigenvalue weighted by Crippen LogP contribution is -2.42. The molecule has 4 nitrogen and oxygen atoms in total. The molecule has 2 fully saturated rings. The van der Waals surface area contributed by atoms with E-state index in [-0.39, 0.29) is 23.9 Å². The summed E-state index contributed by atoms with van der Waals surface area (Å²) < 4.78 is 5.22. The standard InChI is InChI=1S/C16H27NO3S2/c1-12(2)20-16(19)8-13-4-3-5-17(10-13)15(18)9-14-11-21-6-7-22-14/h12-14H,3-11H2,1-2H3/t13-,14-/m1/s1. The molecule has 2 aliphatic heterocycles. The van der Waals surface area contributed by atoms with E-state index in [1.54, 1.807) is 0 Å². The van der Waals surface area contributed by atoms with Gasteiger partial charge in [0.1, 0.15) is 0 Å². The Morgan fingerprint density at radius 3 is 2.77 bits per heavy atom. The van der Waals surface area contributed by atoms with Crippen LogP contribution < -0.4 is 0 Å². The summed E-state index contributed by atoms with van der Waals surface area (Å²) in [6.45, 7) is 5.30. The molecular formula is C16H27NO3S2. The van der Waals surface area contributed by atoms with Gasteiger partial charge in [0.2, 0.25) is 5.91 Å². The average Bonchev–Trinajstić information content (AvgIpc) is 2.47. The molecule has 0 radical (unpaired) electrons. The summed E-state index contributed by atoms with van der Waals surface area (Å²) in [5.74, 6) is 3.85. The molecule has 22 heavy (non-hydrogen) atoms. The van der Waals surface area contributed by atoms with E-state index in [1.807, 2.05) is 42.3 Å². The predicted molar refractivity (Wildman–Crippen MR) is 93.3 cm³/mol. The first-order chi connectivity index (χ1) is 10.5. The van der Waals surface area contributed by atoms with Gasteiger partial charge in [0, 0.05) is 42.0 Å². The number of piperidine rings is 1. The third kappa shape index (κ3) is 6.03.